The van der Waals surface area contributed by atoms with Crippen molar-refractivity contribution in [2.75, 3.05) is 20.0 Å². The lowest BCUT2D eigenvalue weighted by Gasteiger charge is -2.14. The van der Waals surface area contributed by atoms with Gasteiger partial charge in [-0.2, -0.15) is 0 Å². The van der Waals surface area contributed by atoms with Gasteiger partial charge >= 0.3 is 0 Å². The Bertz CT molecular complexity index is 587. The molecule has 2 aromatic rings. The predicted molar refractivity (Wildman–Crippen MR) is 70.4 cm³/mol. The van der Waals surface area contributed by atoms with E-state index < -0.39 is 5.82 Å². The first-order valence-electron chi connectivity index (χ1n) is 5.60. The number of anilines is 1. The molecule has 0 aliphatic rings. The lowest BCUT2D eigenvalue weighted by molar-refractivity contribution is 0.336. The average Bonchev–Trinajstić information content (AvgIpc) is 2.43. The molecular formula is C14H14FNO3. The molecule has 0 radical (unpaired) electrons. The van der Waals surface area contributed by atoms with Crippen molar-refractivity contribution >= 4 is 5.69 Å². The van der Waals surface area contributed by atoms with Gasteiger partial charge in [0.2, 0.25) is 5.75 Å². The molecule has 0 saturated carbocycles. The van der Waals surface area contributed by atoms with Crippen molar-refractivity contribution in [1.82, 2.24) is 0 Å². The zero-order chi connectivity index (χ0) is 13.8. The molecule has 5 heteroatoms. The molecule has 2 rings (SSSR count). The van der Waals surface area contributed by atoms with Crippen molar-refractivity contribution in [3.05, 3.63) is 42.2 Å². The van der Waals surface area contributed by atoms with Crippen molar-refractivity contribution in [2.24, 2.45) is 0 Å². The van der Waals surface area contributed by atoms with E-state index in [1.165, 1.54) is 26.4 Å². The summed E-state index contributed by atoms with van der Waals surface area (Å²) in [4.78, 5) is 0. The molecular weight excluding hydrogens is 249 g/mol. The van der Waals surface area contributed by atoms with Crippen LogP contribution < -0.4 is 19.9 Å². The van der Waals surface area contributed by atoms with Crippen molar-refractivity contribution in [3.8, 4) is 23.0 Å². The molecule has 4 nitrogen and oxygen atoms in total. The molecule has 0 saturated heterocycles. The molecule has 2 N–H and O–H groups in total. The van der Waals surface area contributed by atoms with E-state index in [9.17, 15) is 4.39 Å². The Morgan fingerprint density at radius 2 is 1.53 bits per heavy atom. The number of methoxy groups -OCH3 is 2. The number of benzene rings is 2. The zero-order valence-corrected chi connectivity index (χ0v) is 10.6. The van der Waals surface area contributed by atoms with Crippen molar-refractivity contribution in [2.45, 2.75) is 0 Å². The Morgan fingerprint density at radius 1 is 0.895 bits per heavy atom. The number of nitrogens with two attached hydrogens (primary N) is 1. The van der Waals surface area contributed by atoms with Crippen LogP contribution in [0.3, 0.4) is 0 Å². The predicted octanol–water partition coefficient (Wildman–Crippen LogP) is 3.22. The Labute approximate surface area is 110 Å². The summed E-state index contributed by atoms with van der Waals surface area (Å²) in [5, 5.41) is 0. The summed E-state index contributed by atoms with van der Waals surface area (Å²) in [7, 11) is 3.03. The van der Waals surface area contributed by atoms with Crippen LogP contribution in [-0.4, -0.2) is 14.2 Å². The number of nitrogen functional groups attached to an aromatic ring is 1. The Morgan fingerprint density at radius 3 is 2.21 bits per heavy atom. The number of para-hydroxylation sites is 2. The molecule has 2 aromatic carbocycles. The summed E-state index contributed by atoms with van der Waals surface area (Å²) in [6.07, 6.45) is 0. The molecule has 0 aliphatic carbocycles. The second-order valence-corrected chi connectivity index (χ2v) is 3.75. The van der Waals surface area contributed by atoms with Gasteiger partial charge in [-0.25, -0.2) is 4.39 Å². The minimum absolute atomic E-state index is 0.0487. The van der Waals surface area contributed by atoms with Crippen LogP contribution in [0.2, 0.25) is 0 Å². The molecule has 0 heterocycles. The Hall–Kier alpha value is -2.43. The number of halogens is 1. The summed E-state index contributed by atoms with van der Waals surface area (Å²) >= 11 is 0. The average molecular weight is 263 g/mol. The van der Waals surface area contributed by atoms with Crippen LogP contribution in [0, 0.1) is 5.82 Å². The van der Waals surface area contributed by atoms with E-state index in [4.69, 9.17) is 19.9 Å². The summed E-state index contributed by atoms with van der Waals surface area (Å²) in [6, 6.07) is 9.54. The minimum atomic E-state index is -0.528. The van der Waals surface area contributed by atoms with E-state index in [0.29, 0.717) is 17.2 Å². The quantitative estimate of drug-likeness (QED) is 0.860. The van der Waals surface area contributed by atoms with E-state index in [1.54, 1.807) is 24.3 Å². The van der Waals surface area contributed by atoms with Crippen molar-refractivity contribution < 1.29 is 18.6 Å². The van der Waals surface area contributed by atoms with Gasteiger partial charge in [-0.3, -0.25) is 0 Å². The van der Waals surface area contributed by atoms with Gasteiger partial charge in [0.1, 0.15) is 11.5 Å². The first kappa shape index (κ1) is 13.0. The summed E-state index contributed by atoms with van der Waals surface area (Å²) in [5.41, 5.74) is 5.57. The van der Waals surface area contributed by atoms with Crippen LogP contribution in [0.15, 0.2) is 36.4 Å². The third-order valence-corrected chi connectivity index (χ3v) is 2.60. The summed E-state index contributed by atoms with van der Waals surface area (Å²) in [5.74, 6) is 1.05. The molecule has 0 spiro atoms. The van der Waals surface area contributed by atoms with Crippen LogP contribution in [0.4, 0.5) is 10.1 Å². The van der Waals surface area contributed by atoms with Crippen molar-refractivity contribution in [3.63, 3.8) is 0 Å². The first-order chi connectivity index (χ1) is 9.17. The molecule has 100 valence electrons. The Balaban J connectivity index is 2.41. The van der Waals surface area contributed by atoms with E-state index in [1.807, 2.05) is 0 Å². The van der Waals surface area contributed by atoms with Gasteiger partial charge in [0.15, 0.2) is 17.2 Å². The van der Waals surface area contributed by atoms with Crippen LogP contribution >= 0.6 is 0 Å². The number of rotatable bonds is 4. The van der Waals surface area contributed by atoms with Gasteiger partial charge < -0.3 is 19.9 Å². The molecule has 0 unspecified atom stereocenters. The van der Waals surface area contributed by atoms with Gasteiger partial charge in [-0.05, 0) is 24.3 Å². The van der Waals surface area contributed by atoms with Crippen LogP contribution in [-0.2, 0) is 0 Å². The summed E-state index contributed by atoms with van der Waals surface area (Å²) < 4.78 is 29.3. The van der Waals surface area contributed by atoms with E-state index >= 15 is 0 Å². The standard InChI is InChI=1S/C14H14FNO3/c1-17-11-7-4-8-12(14(11)18-2)19-10-6-3-5-9(15)13(10)16/h3-8H,16H2,1-2H3. The Kier molecular flexibility index (Phi) is 3.75. The fraction of sp³-hybridized carbons (Fsp3) is 0.143. The topological polar surface area (TPSA) is 53.7 Å². The van der Waals surface area contributed by atoms with Crippen LogP contribution in [0.5, 0.6) is 23.0 Å². The van der Waals surface area contributed by atoms with Gasteiger partial charge in [0.25, 0.3) is 0 Å². The second kappa shape index (κ2) is 5.48. The molecule has 0 aliphatic heterocycles. The second-order valence-electron chi connectivity index (χ2n) is 3.75. The fourth-order valence-electron chi connectivity index (χ4n) is 1.66. The van der Waals surface area contributed by atoms with E-state index in [2.05, 4.69) is 0 Å². The van der Waals surface area contributed by atoms with E-state index in [-0.39, 0.29) is 11.4 Å². The molecule has 0 bridgehead atoms. The monoisotopic (exact) mass is 263 g/mol. The molecule has 0 fully saturated rings. The fourth-order valence-corrected chi connectivity index (χ4v) is 1.66. The highest BCUT2D eigenvalue weighted by atomic mass is 19.1. The highest BCUT2D eigenvalue weighted by Crippen LogP contribution is 2.40. The highest BCUT2D eigenvalue weighted by Gasteiger charge is 2.13. The maximum atomic E-state index is 13.3. The number of hydrogen-bond donors (Lipinski definition) is 1. The van der Waals surface area contributed by atoms with Gasteiger partial charge in [0, 0.05) is 0 Å². The maximum absolute atomic E-state index is 13.3. The van der Waals surface area contributed by atoms with Crippen LogP contribution in [0.1, 0.15) is 0 Å². The SMILES string of the molecule is COc1cccc(Oc2cccc(F)c2N)c1OC. The molecule has 0 atom stereocenters. The number of hydrogen-bond acceptors (Lipinski definition) is 4. The maximum Gasteiger partial charge on any atom is 0.203 e. The van der Waals surface area contributed by atoms with E-state index in [0.717, 1.165) is 0 Å². The third kappa shape index (κ3) is 2.54. The van der Waals surface area contributed by atoms with Crippen molar-refractivity contribution in [1.29, 1.82) is 0 Å². The normalized spacial score (nSPS) is 10.1. The van der Waals surface area contributed by atoms with Gasteiger partial charge in [-0.15, -0.1) is 0 Å². The van der Waals surface area contributed by atoms with Gasteiger partial charge in [-0.1, -0.05) is 12.1 Å². The molecule has 0 aromatic heterocycles. The molecule has 19 heavy (non-hydrogen) atoms. The van der Waals surface area contributed by atoms with Crippen LogP contribution in [0.25, 0.3) is 0 Å². The third-order valence-electron chi connectivity index (χ3n) is 2.60. The first-order valence-corrected chi connectivity index (χ1v) is 5.60. The lowest BCUT2D eigenvalue weighted by Crippen LogP contribution is -1.98. The smallest absolute Gasteiger partial charge is 0.203 e. The summed E-state index contributed by atoms with van der Waals surface area (Å²) in [6.45, 7) is 0. The largest absolute Gasteiger partial charge is 0.493 e. The minimum Gasteiger partial charge on any atom is -0.493 e. The lowest BCUT2D eigenvalue weighted by atomic mass is 10.2. The van der Waals surface area contributed by atoms with Gasteiger partial charge in [0.05, 0.1) is 14.2 Å². The molecule has 0 amide bonds. The zero-order valence-electron chi connectivity index (χ0n) is 10.6. The number of ether oxygens (including phenoxy) is 3. The highest BCUT2D eigenvalue weighted by molar-refractivity contribution is 5.58.